The average molecular weight is 270 g/mol. The van der Waals surface area contributed by atoms with Crippen LogP contribution in [0, 0.1) is 11.3 Å². The molecule has 5 heteroatoms. The van der Waals surface area contributed by atoms with Crippen LogP contribution in [-0.4, -0.2) is 41.5 Å². The predicted octanol–water partition coefficient (Wildman–Crippen LogP) is 1.46. The largest absolute Gasteiger partial charge is 0.481 e. The molecule has 1 atom stereocenters. The Morgan fingerprint density at radius 2 is 1.95 bits per heavy atom. The van der Waals surface area contributed by atoms with Gasteiger partial charge in [-0.25, -0.2) is 0 Å². The van der Waals surface area contributed by atoms with E-state index in [1.165, 1.54) is 0 Å². The fourth-order valence-electron chi connectivity index (χ4n) is 2.73. The van der Waals surface area contributed by atoms with Gasteiger partial charge >= 0.3 is 5.97 Å². The van der Waals surface area contributed by atoms with Crippen molar-refractivity contribution in [1.29, 1.82) is 0 Å². The van der Waals surface area contributed by atoms with E-state index in [0.717, 1.165) is 12.8 Å². The van der Waals surface area contributed by atoms with Gasteiger partial charge in [0.2, 0.25) is 5.91 Å². The van der Waals surface area contributed by atoms with Gasteiger partial charge in [-0.05, 0) is 38.6 Å². The first kappa shape index (κ1) is 16.0. The zero-order valence-electron chi connectivity index (χ0n) is 12.0. The van der Waals surface area contributed by atoms with Crippen molar-refractivity contribution in [1.82, 2.24) is 4.90 Å². The number of rotatable bonds is 6. The Morgan fingerprint density at radius 3 is 2.37 bits per heavy atom. The first-order chi connectivity index (χ1) is 8.96. The Balaban J connectivity index is 2.53. The molecule has 0 radical (unpaired) electrons. The molecule has 1 saturated heterocycles. The summed E-state index contributed by atoms with van der Waals surface area (Å²) in [5, 5.41) is 9.32. The maximum Gasteiger partial charge on any atom is 0.309 e. The summed E-state index contributed by atoms with van der Waals surface area (Å²) in [6, 6.07) is 0. The van der Waals surface area contributed by atoms with Crippen LogP contribution in [0.15, 0.2) is 0 Å². The van der Waals surface area contributed by atoms with Gasteiger partial charge in [0.15, 0.2) is 0 Å². The number of piperidine rings is 1. The second kappa shape index (κ2) is 6.89. The maximum absolute atomic E-state index is 12.2. The number of hydrogen-bond donors (Lipinski definition) is 2. The standard InChI is InChI=1S/C14H26N2O3/c1-3-14(13(18)19)6-9-16(10-7-14)12(17)11(2)5-4-8-15/h11H,3-10,15H2,1-2H3,(H,18,19). The Morgan fingerprint density at radius 1 is 1.37 bits per heavy atom. The summed E-state index contributed by atoms with van der Waals surface area (Å²) in [6.45, 7) is 5.57. The molecule has 1 heterocycles. The summed E-state index contributed by atoms with van der Waals surface area (Å²) >= 11 is 0. The van der Waals surface area contributed by atoms with Crippen molar-refractivity contribution in [3.05, 3.63) is 0 Å². The van der Waals surface area contributed by atoms with Crippen molar-refractivity contribution in [2.24, 2.45) is 17.1 Å². The molecule has 0 aliphatic carbocycles. The minimum Gasteiger partial charge on any atom is -0.481 e. The van der Waals surface area contributed by atoms with Crippen molar-refractivity contribution in [3.8, 4) is 0 Å². The van der Waals surface area contributed by atoms with E-state index in [1.54, 1.807) is 0 Å². The number of hydrogen-bond acceptors (Lipinski definition) is 3. The number of nitrogens with two attached hydrogens (primary N) is 1. The number of amides is 1. The third-order valence-electron chi connectivity index (χ3n) is 4.43. The van der Waals surface area contributed by atoms with E-state index in [2.05, 4.69) is 0 Å². The molecule has 0 aromatic heterocycles. The van der Waals surface area contributed by atoms with Crippen LogP contribution in [0.4, 0.5) is 0 Å². The molecule has 0 saturated carbocycles. The summed E-state index contributed by atoms with van der Waals surface area (Å²) in [7, 11) is 0. The van der Waals surface area contributed by atoms with Crippen LogP contribution in [0.3, 0.4) is 0 Å². The highest BCUT2D eigenvalue weighted by Gasteiger charge is 2.41. The lowest BCUT2D eigenvalue weighted by Gasteiger charge is -2.39. The number of carboxylic acids is 1. The monoisotopic (exact) mass is 270 g/mol. The van der Waals surface area contributed by atoms with E-state index in [-0.39, 0.29) is 11.8 Å². The molecular weight excluding hydrogens is 244 g/mol. The maximum atomic E-state index is 12.2. The Hall–Kier alpha value is -1.10. The van der Waals surface area contributed by atoms with Gasteiger partial charge < -0.3 is 15.7 Å². The molecule has 1 rings (SSSR count). The van der Waals surface area contributed by atoms with Crippen molar-refractivity contribution < 1.29 is 14.7 Å². The lowest BCUT2D eigenvalue weighted by molar-refractivity contribution is -0.155. The molecule has 1 unspecified atom stereocenters. The molecule has 1 amide bonds. The van der Waals surface area contributed by atoms with E-state index in [4.69, 9.17) is 5.73 Å². The average Bonchev–Trinajstić information content (AvgIpc) is 2.43. The van der Waals surface area contributed by atoms with Crippen molar-refractivity contribution in [3.63, 3.8) is 0 Å². The van der Waals surface area contributed by atoms with E-state index in [1.807, 2.05) is 18.7 Å². The number of carbonyl (C=O) groups excluding carboxylic acids is 1. The zero-order valence-corrected chi connectivity index (χ0v) is 12.0. The molecular formula is C14H26N2O3. The number of aliphatic carboxylic acids is 1. The quantitative estimate of drug-likeness (QED) is 0.765. The molecule has 110 valence electrons. The highest BCUT2D eigenvalue weighted by atomic mass is 16.4. The lowest BCUT2D eigenvalue weighted by Crippen LogP contribution is -2.47. The molecule has 1 fully saturated rings. The van der Waals surface area contributed by atoms with Crippen molar-refractivity contribution >= 4 is 11.9 Å². The predicted molar refractivity (Wildman–Crippen MR) is 73.6 cm³/mol. The Kier molecular flexibility index (Phi) is 5.79. The smallest absolute Gasteiger partial charge is 0.309 e. The third kappa shape index (κ3) is 3.69. The van der Waals surface area contributed by atoms with Crippen LogP contribution in [0.1, 0.15) is 46.0 Å². The van der Waals surface area contributed by atoms with Crippen LogP contribution >= 0.6 is 0 Å². The SMILES string of the molecule is CCC1(C(=O)O)CCN(C(=O)C(C)CCCN)CC1. The van der Waals surface area contributed by atoms with Crippen LogP contribution in [0.5, 0.6) is 0 Å². The van der Waals surface area contributed by atoms with Gasteiger partial charge in [-0.3, -0.25) is 9.59 Å². The highest BCUT2D eigenvalue weighted by molar-refractivity contribution is 5.79. The van der Waals surface area contributed by atoms with Gasteiger partial charge in [0.25, 0.3) is 0 Å². The summed E-state index contributed by atoms with van der Waals surface area (Å²) < 4.78 is 0. The van der Waals surface area contributed by atoms with Gasteiger partial charge in [-0.15, -0.1) is 0 Å². The Labute approximate surface area is 115 Å². The van der Waals surface area contributed by atoms with E-state index >= 15 is 0 Å². The zero-order chi connectivity index (χ0) is 14.5. The van der Waals surface area contributed by atoms with Crippen LogP contribution in [0.2, 0.25) is 0 Å². The van der Waals surface area contributed by atoms with Gasteiger partial charge in [0.05, 0.1) is 5.41 Å². The third-order valence-corrected chi connectivity index (χ3v) is 4.43. The highest BCUT2D eigenvalue weighted by Crippen LogP contribution is 2.35. The van der Waals surface area contributed by atoms with E-state index < -0.39 is 11.4 Å². The van der Waals surface area contributed by atoms with Gasteiger partial charge in [-0.2, -0.15) is 0 Å². The van der Waals surface area contributed by atoms with Crippen molar-refractivity contribution in [2.45, 2.75) is 46.0 Å². The summed E-state index contributed by atoms with van der Waals surface area (Å²) in [6.07, 6.45) is 3.42. The molecule has 0 aromatic carbocycles. The second-order valence-electron chi connectivity index (χ2n) is 5.60. The number of carbonyl (C=O) groups is 2. The van der Waals surface area contributed by atoms with Crippen LogP contribution < -0.4 is 5.73 Å². The summed E-state index contributed by atoms with van der Waals surface area (Å²) in [5.74, 6) is -0.593. The molecule has 0 bridgehead atoms. The molecule has 19 heavy (non-hydrogen) atoms. The minimum absolute atomic E-state index is 0.0116. The molecule has 1 aliphatic rings. The molecule has 0 spiro atoms. The van der Waals surface area contributed by atoms with Gasteiger partial charge in [0.1, 0.15) is 0 Å². The van der Waals surface area contributed by atoms with Crippen molar-refractivity contribution in [2.75, 3.05) is 19.6 Å². The normalized spacial score (nSPS) is 20.1. The van der Waals surface area contributed by atoms with Crippen LogP contribution in [-0.2, 0) is 9.59 Å². The molecule has 0 aromatic rings. The number of nitrogens with zero attached hydrogens (tertiary/aromatic N) is 1. The fraction of sp³-hybridized carbons (Fsp3) is 0.857. The van der Waals surface area contributed by atoms with E-state index in [0.29, 0.717) is 38.9 Å². The van der Waals surface area contributed by atoms with Gasteiger partial charge in [-0.1, -0.05) is 13.8 Å². The lowest BCUT2D eigenvalue weighted by atomic mass is 9.76. The first-order valence-electron chi connectivity index (χ1n) is 7.19. The second-order valence-corrected chi connectivity index (χ2v) is 5.60. The Bertz CT molecular complexity index is 323. The van der Waals surface area contributed by atoms with E-state index in [9.17, 15) is 14.7 Å². The molecule has 3 N–H and O–H groups in total. The number of carboxylic acid groups (broad SMARTS) is 1. The first-order valence-corrected chi connectivity index (χ1v) is 7.19. The minimum atomic E-state index is -0.724. The molecule has 5 nitrogen and oxygen atoms in total. The fourth-order valence-corrected chi connectivity index (χ4v) is 2.73. The van der Waals surface area contributed by atoms with Gasteiger partial charge in [0, 0.05) is 19.0 Å². The topological polar surface area (TPSA) is 83.6 Å². The van der Waals surface area contributed by atoms with Crippen LogP contribution in [0.25, 0.3) is 0 Å². The summed E-state index contributed by atoms with van der Waals surface area (Å²) in [4.78, 5) is 25.4. The molecule has 1 aliphatic heterocycles. The number of likely N-dealkylation sites (tertiary alicyclic amines) is 1. The summed E-state index contributed by atoms with van der Waals surface area (Å²) in [5.41, 5.74) is 4.82.